The van der Waals surface area contributed by atoms with Crippen molar-refractivity contribution >= 4 is 5.97 Å². The first kappa shape index (κ1) is 12.5. The second-order valence-corrected chi connectivity index (χ2v) is 3.72. The molecule has 4 heteroatoms. The van der Waals surface area contributed by atoms with Gasteiger partial charge in [0.15, 0.2) is 0 Å². The van der Waals surface area contributed by atoms with E-state index >= 15 is 0 Å². The summed E-state index contributed by atoms with van der Waals surface area (Å²) < 4.78 is 10.1. The molecule has 1 aliphatic heterocycles. The number of morpholine rings is 1. The van der Waals surface area contributed by atoms with E-state index in [0.717, 1.165) is 45.7 Å². The molecule has 1 rings (SSSR count). The Kier molecular flexibility index (Phi) is 6.36. The summed E-state index contributed by atoms with van der Waals surface area (Å²) in [5, 5.41) is 0. The highest BCUT2D eigenvalue weighted by molar-refractivity contribution is 5.69. The van der Waals surface area contributed by atoms with Crippen molar-refractivity contribution in [2.24, 2.45) is 0 Å². The molecular weight excluding hydrogens is 194 g/mol. The summed E-state index contributed by atoms with van der Waals surface area (Å²) in [5.74, 6) is -0.0699. The van der Waals surface area contributed by atoms with E-state index in [0.29, 0.717) is 13.0 Å². The molecule has 0 bridgehead atoms. The molecule has 4 nitrogen and oxygen atoms in total. The number of esters is 1. The number of carbonyl (C=O) groups excluding carboxylic acids is 1. The van der Waals surface area contributed by atoms with E-state index in [4.69, 9.17) is 9.47 Å². The van der Waals surface area contributed by atoms with Gasteiger partial charge in [-0.15, -0.1) is 0 Å². The third-order valence-corrected chi connectivity index (χ3v) is 2.51. The van der Waals surface area contributed by atoms with E-state index in [1.165, 1.54) is 0 Å². The summed E-state index contributed by atoms with van der Waals surface area (Å²) in [6.45, 7) is 7.14. The average Bonchev–Trinajstić information content (AvgIpc) is 2.26. The Morgan fingerprint density at radius 1 is 1.33 bits per heavy atom. The van der Waals surface area contributed by atoms with Crippen LogP contribution in [-0.4, -0.2) is 50.3 Å². The van der Waals surface area contributed by atoms with Crippen LogP contribution in [0, 0.1) is 0 Å². The van der Waals surface area contributed by atoms with E-state index in [2.05, 4.69) is 4.90 Å². The molecule has 0 aliphatic carbocycles. The third kappa shape index (κ3) is 5.74. The maximum atomic E-state index is 11.0. The van der Waals surface area contributed by atoms with Crippen molar-refractivity contribution in [2.45, 2.75) is 26.2 Å². The van der Waals surface area contributed by atoms with Gasteiger partial charge >= 0.3 is 5.97 Å². The molecule has 1 saturated heterocycles. The van der Waals surface area contributed by atoms with Crippen molar-refractivity contribution in [1.29, 1.82) is 0 Å². The molecule has 0 aromatic rings. The largest absolute Gasteiger partial charge is 0.466 e. The smallest absolute Gasteiger partial charge is 0.305 e. The fourth-order valence-corrected chi connectivity index (χ4v) is 1.66. The summed E-state index contributed by atoms with van der Waals surface area (Å²) in [5.41, 5.74) is 0. The molecule has 0 amide bonds. The van der Waals surface area contributed by atoms with E-state index in [1.54, 1.807) is 0 Å². The predicted octanol–water partition coefficient (Wildman–Crippen LogP) is 1.05. The summed E-state index contributed by atoms with van der Waals surface area (Å²) in [7, 11) is 0. The van der Waals surface area contributed by atoms with Crippen LogP contribution in [0.4, 0.5) is 0 Å². The molecular formula is C11H21NO3. The van der Waals surface area contributed by atoms with E-state index in [1.807, 2.05) is 6.92 Å². The zero-order valence-corrected chi connectivity index (χ0v) is 9.54. The molecule has 0 unspecified atom stereocenters. The van der Waals surface area contributed by atoms with Gasteiger partial charge in [0.05, 0.1) is 19.8 Å². The van der Waals surface area contributed by atoms with Gasteiger partial charge < -0.3 is 9.47 Å². The lowest BCUT2D eigenvalue weighted by atomic mass is 10.2. The molecule has 0 atom stereocenters. The quantitative estimate of drug-likeness (QED) is 0.490. The highest BCUT2D eigenvalue weighted by atomic mass is 16.5. The van der Waals surface area contributed by atoms with Crippen molar-refractivity contribution in [3.05, 3.63) is 0 Å². The van der Waals surface area contributed by atoms with Gasteiger partial charge in [-0.2, -0.15) is 0 Å². The lowest BCUT2D eigenvalue weighted by Crippen LogP contribution is -2.36. The lowest BCUT2D eigenvalue weighted by molar-refractivity contribution is -0.143. The summed E-state index contributed by atoms with van der Waals surface area (Å²) in [6.07, 6.45) is 2.55. The number of hydrogen-bond acceptors (Lipinski definition) is 4. The molecule has 88 valence electrons. The Morgan fingerprint density at radius 2 is 2.07 bits per heavy atom. The van der Waals surface area contributed by atoms with Crippen molar-refractivity contribution in [3.63, 3.8) is 0 Å². The van der Waals surface area contributed by atoms with Gasteiger partial charge in [-0.1, -0.05) is 0 Å². The SMILES string of the molecule is CCOC(=O)CCCCN1CCOCC1. The standard InChI is InChI=1S/C11H21NO3/c1-2-15-11(13)5-3-4-6-12-7-9-14-10-8-12/h2-10H2,1H3. The van der Waals surface area contributed by atoms with Gasteiger partial charge in [0.2, 0.25) is 0 Å². The fraction of sp³-hybridized carbons (Fsp3) is 0.909. The van der Waals surface area contributed by atoms with Gasteiger partial charge in [0.1, 0.15) is 0 Å². The van der Waals surface area contributed by atoms with Crippen molar-refractivity contribution in [3.8, 4) is 0 Å². The van der Waals surface area contributed by atoms with Crippen molar-refractivity contribution < 1.29 is 14.3 Å². The molecule has 1 heterocycles. The Labute approximate surface area is 91.5 Å². The zero-order valence-electron chi connectivity index (χ0n) is 9.54. The van der Waals surface area contributed by atoms with Crippen LogP contribution in [0.2, 0.25) is 0 Å². The number of hydrogen-bond donors (Lipinski definition) is 0. The number of ether oxygens (including phenoxy) is 2. The van der Waals surface area contributed by atoms with Gasteiger partial charge in [0.25, 0.3) is 0 Å². The summed E-state index contributed by atoms with van der Waals surface area (Å²) >= 11 is 0. The van der Waals surface area contributed by atoms with Crippen LogP contribution in [0.25, 0.3) is 0 Å². The van der Waals surface area contributed by atoms with Gasteiger partial charge in [0, 0.05) is 19.5 Å². The maximum Gasteiger partial charge on any atom is 0.305 e. The number of carbonyl (C=O) groups is 1. The topological polar surface area (TPSA) is 38.8 Å². The summed E-state index contributed by atoms with van der Waals surface area (Å²) in [6, 6.07) is 0. The highest BCUT2D eigenvalue weighted by Crippen LogP contribution is 2.02. The molecule has 15 heavy (non-hydrogen) atoms. The van der Waals surface area contributed by atoms with Gasteiger partial charge in [-0.3, -0.25) is 9.69 Å². The minimum absolute atomic E-state index is 0.0699. The lowest BCUT2D eigenvalue weighted by Gasteiger charge is -2.26. The second-order valence-electron chi connectivity index (χ2n) is 3.72. The second kappa shape index (κ2) is 7.65. The Balaban J connectivity index is 1.93. The Bertz CT molecular complexity index is 179. The first-order valence-electron chi connectivity index (χ1n) is 5.78. The predicted molar refractivity (Wildman–Crippen MR) is 57.7 cm³/mol. The van der Waals surface area contributed by atoms with Gasteiger partial charge in [-0.05, 0) is 26.3 Å². The minimum Gasteiger partial charge on any atom is -0.466 e. The molecule has 0 aromatic carbocycles. The van der Waals surface area contributed by atoms with Crippen molar-refractivity contribution in [2.75, 3.05) is 39.5 Å². The zero-order chi connectivity index (χ0) is 10.9. The first-order valence-corrected chi connectivity index (χ1v) is 5.78. The van der Waals surface area contributed by atoms with Crippen molar-refractivity contribution in [1.82, 2.24) is 4.90 Å². The van der Waals surface area contributed by atoms with E-state index < -0.39 is 0 Å². The maximum absolute atomic E-state index is 11.0. The average molecular weight is 215 g/mol. The normalized spacial score (nSPS) is 17.7. The summed E-state index contributed by atoms with van der Waals surface area (Å²) in [4.78, 5) is 13.4. The van der Waals surface area contributed by atoms with Gasteiger partial charge in [-0.25, -0.2) is 0 Å². The fourth-order valence-electron chi connectivity index (χ4n) is 1.66. The Hall–Kier alpha value is -0.610. The van der Waals surface area contributed by atoms with Crippen LogP contribution >= 0.6 is 0 Å². The Morgan fingerprint density at radius 3 is 2.73 bits per heavy atom. The molecule has 1 fully saturated rings. The molecule has 0 aromatic heterocycles. The minimum atomic E-state index is -0.0699. The molecule has 0 spiro atoms. The van der Waals surface area contributed by atoms with Crippen LogP contribution in [0.5, 0.6) is 0 Å². The van der Waals surface area contributed by atoms with E-state index in [9.17, 15) is 4.79 Å². The van der Waals surface area contributed by atoms with Crippen LogP contribution in [0.15, 0.2) is 0 Å². The highest BCUT2D eigenvalue weighted by Gasteiger charge is 2.09. The number of rotatable bonds is 6. The number of nitrogens with zero attached hydrogens (tertiary/aromatic N) is 1. The first-order chi connectivity index (χ1) is 7.33. The van der Waals surface area contributed by atoms with Crippen LogP contribution < -0.4 is 0 Å². The molecule has 1 aliphatic rings. The molecule has 0 N–H and O–H groups in total. The van der Waals surface area contributed by atoms with Crippen LogP contribution in [0.1, 0.15) is 26.2 Å². The van der Waals surface area contributed by atoms with Crippen LogP contribution in [0.3, 0.4) is 0 Å². The third-order valence-electron chi connectivity index (χ3n) is 2.51. The van der Waals surface area contributed by atoms with E-state index in [-0.39, 0.29) is 5.97 Å². The van der Waals surface area contributed by atoms with Crippen LogP contribution in [-0.2, 0) is 14.3 Å². The molecule has 0 radical (unpaired) electrons. The molecule has 0 saturated carbocycles. The number of unbranched alkanes of at least 4 members (excludes halogenated alkanes) is 1. The monoisotopic (exact) mass is 215 g/mol.